The van der Waals surface area contributed by atoms with Crippen molar-refractivity contribution in [3.63, 3.8) is 0 Å². The van der Waals surface area contributed by atoms with Crippen LogP contribution in [0.1, 0.15) is 105 Å². The lowest BCUT2D eigenvalue weighted by Crippen LogP contribution is -2.16. The van der Waals surface area contributed by atoms with E-state index in [1.54, 1.807) is 28.4 Å². The van der Waals surface area contributed by atoms with Crippen LogP contribution in [0, 0.1) is 0 Å². The number of para-hydroxylation sites is 2. The Hall–Kier alpha value is -5.95. The van der Waals surface area contributed by atoms with Crippen LogP contribution in [-0.2, 0) is 21.7 Å². The molecule has 69 heavy (non-hydrogen) atoms. The molecule has 7 aromatic rings. The lowest BCUT2D eigenvalue weighted by molar-refractivity contribution is 0.342. The van der Waals surface area contributed by atoms with E-state index < -0.39 is 27.4 Å². The van der Waals surface area contributed by atoms with Crippen LogP contribution in [0.25, 0.3) is 33.1 Å². The minimum Gasteiger partial charge on any atom is -0.497 e. The SMILES string of the molecule is COc1cc(-c2cc(OC)cc(C(C)(C)C)c2Op2oc3c(C(C)(C)C)cc(OC)cc3c3cc(OC)cc(C(C)(C)C)c3o2)c(OCP(Oc2ccccc2)Oc2ccccc2)c(C(C)(C)C)c1. The van der Waals surface area contributed by atoms with Gasteiger partial charge in [0.15, 0.2) is 6.35 Å². The van der Waals surface area contributed by atoms with Crippen molar-refractivity contribution in [2.45, 2.75) is 105 Å². The molecule has 0 unspecified atom stereocenters. The van der Waals surface area contributed by atoms with Crippen LogP contribution in [0.15, 0.2) is 118 Å². The average Bonchev–Trinajstić information content (AvgIpc) is 3.45. The summed E-state index contributed by atoms with van der Waals surface area (Å²) in [6.07, 6.45) is 0.0817. The van der Waals surface area contributed by atoms with E-state index in [0.717, 1.165) is 33.0 Å². The highest BCUT2D eigenvalue weighted by molar-refractivity contribution is 7.47. The molecule has 0 radical (unpaired) electrons. The third kappa shape index (κ3) is 11.6. The molecular weight excluding hydrogens is 907 g/mol. The molecule has 0 fully saturated rings. The molecule has 1 heterocycles. The quantitative estimate of drug-likeness (QED) is 0.0980. The van der Waals surface area contributed by atoms with E-state index in [0.29, 0.717) is 68.3 Å². The van der Waals surface area contributed by atoms with Gasteiger partial charge in [-0.15, -0.1) is 0 Å². The molecule has 0 saturated heterocycles. The molecule has 0 aliphatic heterocycles. The second-order valence-corrected chi connectivity index (χ2v) is 23.4. The first-order valence-corrected chi connectivity index (χ1v) is 25.6. The Labute approximate surface area is 410 Å². The molecule has 0 spiro atoms. The molecular formula is C57H68O10P2. The third-order valence-corrected chi connectivity index (χ3v) is 13.9. The van der Waals surface area contributed by atoms with Gasteiger partial charge in [-0.25, -0.2) is 0 Å². The highest BCUT2D eigenvalue weighted by atomic mass is 31.2. The third-order valence-electron chi connectivity index (χ3n) is 11.7. The minimum absolute atomic E-state index is 0.0817. The lowest BCUT2D eigenvalue weighted by atomic mass is 9.81. The van der Waals surface area contributed by atoms with Crippen LogP contribution in [-0.4, -0.2) is 34.8 Å². The highest BCUT2D eigenvalue weighted by Crippen LogP contribution is 2.54. The zero-order valence-corrected chi connectivity index (χ0v) is 44.9. The van der Waals surface area contributed by atoms with Gasteiger partial charge in [0.05, 0.1) is 28.4 Å². The average molecular weight is 975 g/mol. The van der Waals surface area contributed by atoms with Crippen molar-refractivity contribution < 1.29 is 45.6 Å². The van der Waals surface area contributed by atoms with Gasteiger partial charge >= 0.3 is 16.6 Å². The Bertz CT molecular complexity index is 2830. The molecule has 0 aliphatic rings. The number of methoxy groups -OCH3 is 4. The maximum atomic E-state index is 7.44. The van der Waals surface area contributed by atoms with E-state index in [-0.39, 0.29) is 17.2 Å². The molecule has 0 amide bonds. The van der Waals surface area contributed by atoms with E-state index in [2.05, 4.69) is 83.1 Å². The molecule has 0 bridgehead atoms. The van der Waals surface area contributed by atoms with Crippen LogP contribution < -0.4 is 37.3 Å². The summed E-state index contributed by atoms with van der Waals surface area (Å²) in [5, 5.41) is 1.62. The van der Waals surface area contributed by atoms with Gasteiger partial charge in [-0.05, 0) is 94.5 Å². The molecule has 1 aromatic heterocycles. The maximum absolute atomic E-state index is 7.44. The summed E-state index contributed by atoms with van der Waals surface area (Å²) >= 11 is 0. The van der Waals surface area contributed by atoms with Gasteiger partial charge < -0.3 is 45.6 Å². The summed E-state index contributed by atoms with van der Waals surface area (Å²) in [6.45, 7) is 25.9. The molecule has 10 nitrogen and oxygen atoms in total. The van der Waals surface area contributed by atoms with Gasteiger partial charge in [0.1, 0.15) is 57.2 Å². The van der Waals surface area contributed by atoms with Crippen molar-refractivity contribution >= 4 is 38.6 Å². The first-order valence-electron chi connectivity index (χ1n) is 23.1. The van der Waals surface area contributed by atoms with Crippen LogP contribution in [0.2, 0.25) is 0 Å². The zero-order chi connectivity index (χ0) is 50.1. The van der Waals surface area contributed by atoms with Gasteiger partial charge in [-0.1, -0.05) is 119 Å². The molecule has 0 saturated carbocycles. The normalized spacial score (nSPS) is 12.2. The minimum atomic E-state index is -2.24. The summed E-state index contributed by atoms with van der Waals surface area (Å²) < 4.78 is 66.1. The van der Waals surface area contributed by atoms with E-state index in [1.807, 2.05) is 109 Å². The molecule has 0 N–H and O–H groups in total. The van der Waals surface area contributed by atoms with Crippen molar-refractivity contribution in [1.82, 2.24) is 0 Å². The predicted molar refractivity (Wildman–Crippen MR) is 282 cm³/mol. The van der Waals surface area contributed by atoms with Crippen LogP contribution >= 0.6 is 16.6 Å². The monoisotopic (exact) mass is 974 g/mol. The van der Waals surface area contributed by atoms with E-state index in [4.69, 9.17) is 45.6 Å². The number of benzene rings is 6. The fourth-order valence-electron chi connectivity index (χ4n) is 8.03. The topological polar surface area (TPSA) is 100 Å². The van der Waals surface area contributed by atoms with E-state index in [9.17, 15) is 0 Å². The Morgan fingerprint density at radius 2 is 0.768 bits per heavy atom. The van der Waals surface area contributed by atoms with Gasteiger partial charge in [0.25, 0.3) is 0 Å². The summed E-state index contributed by atoms with van der Waals surface area (Å²) in [6, 6.07) is 35.4. The number of fused-ring (bicyclic) bond motifs is 3. The molecule has 6 aromatic carbocycles. The maximum Gasteiger partial charge on any atom is 0.453 e. The van der Waals surface area contributed by atoms with Crippen molar-refractivity contribution in [1.29, 1.82) is 0 Å². The number of rotatable bonds is 14. The molecule has 7 rings (SSSR count). The smallest absolute Gasteiger partial charge is 0.453 e. The van der Waals surface area contributed by atoms with Crippen LogP contribution in [0.5, 0.6) is 46.0 Å². The van der Waals surface area contributed by atoms with Gasteiger partial charge in [0.2, 0.25) is 0 Å². The molecule has 12 heteroatoms. The van der Waals surface area contributed by atoms with E-state index in [1.165, 1.54) is 0 Å². The fourth-order valence-corrected chi connectivity index (χ4v) is 10.3. The fraction of sp³-hybridized carbons (Fsp3) is 0.368. The predicted octanol–water partition coefficient (Wildman–Crippen LogP) is 16.8. The van der Waals surface area contributed by atoms with Gasteiger partial charge in [-0.3, -0.25) is 0 Å². The van der Waals surface area contributed by atoms with Crippen LogP contribution in [0.3, 0.4) is 0 Å². The Balaban J connectivity index is 1.55. The van der Waals surface area contributed by atoms with Crippen molar-refractivity contribution in [2.75, 3.05) is 34.8 Å². The van der Waals surface area contributed by atoms with Crippen molar-refractivity contribution in [2.24, 2.45) is 0 Å². The van der Waals surface area contributed by atoms with Gasteiger partial charge in [-0.2, -0.15) is 0 Å². The van der Waals surface area contributed by atoms with E-state index >= 15 is 0 Å². The first-order chi connectivity index (χ1) is 32.5. The summed E-state index contributed by atoms with van der Waals surface area (Å²) in [7, 11) is 2.78. The largest absolute Gasteiger partial charge is 0.497 e. The first kappa shape index (κ1) is 50.9. The number of hydrogen-bond donors (Lipinski definition) is 0. The highest BCUT2D eigenvalue weighted by Gasteiger charge is 2.33. The summed E-state index contributed by atoms with van der Waals surface area (Å²) in [5.74, 6) is 5.14. The molecule has 0 aliphatic carbocycles. The second-order valence-electron chi connectivity index (χ2n) is 21.1. The Morgan fingerprint density at radius 1 is 0.420 bits per heavy atom. The Morgan fingerprint density at radius 3 is 1.14 bits per heavy atom. The van der Waals surface area contributed by atoms with Crippen molar-refractivity contribution in [3.8, 4) is 57.1 Å². The summed E-state index contributed by atoms with van der Waals surface area (Å²) in [4.78, 5) is 0. The van der Waals surface area contributed by atoms with Crippen LogP contribution in [0.4, 0.5) is 0 Å². The zero-order valence-electron chi connectivity index (χ0n) is 43.1. The van der Waals surface area contributed by atoms with Gasteiger partial charge in [0, 0.05) is 44.2 Å². The number of hydrogen-bond acceptors (Lipinski definition) is 10. The molecule has 0 atom stereocenters. The second kappa shape index (κ2) is 20.2. The Kier molecular flexibility index (Phi) is 14.9. The summed E-state index contributed by atoms with van der Waals surface area (Å²) in [5.41, 5.74) is 4.66. The lowest BCUT2D eigenvalue weighted by Gasteiger charge is -2.29. The van der Waals surface area contributed by atoms with Crippen molar-refractivity contribution in [3.05, 3.63) is 131 Å². The molecule has 366 valence electrons. The standard InChI is InChI=1S/C57H68O10P2/c1-54(2,3)46-31-38(58-13)27-42(50(46)62-35-68(63-36-23-19-17-20-24-36)64-37-25-21-18-22-26-37)43-28-39(59-14)32-47(55(4,5)6)51(43)65-69-66-52-44(29-40(60-15)33-48(52)56(7,8)9)45-30-41(61-16)34-49(53(45)67-69)57(10,11)12/h17-34H,35H2,1-16H3. The number of ether oxygens (including phenoxy) is 5.